The van der Waals surface area contributed by atoms with Crippen molar-refractivity contribution < 1.29 is 18.7 Å². The van der Waals surface area contributed by atoms with E-state index in [2.05, 4.69) is 16.3 Å². The zero-order valence-corrected chi connectivity index (χ0v) is 17.0. The fraction of sp³-hybridized carbons (Fsp3) is 0.261. The van der Waals surface area contributed by atoms with Gasteiger partial charge in [-0.15, -0.1) is 0 Å². The van der Waals surface area contributed by atoms with E-state index in [0.29, 0.717) is 18.5 Å². The number of likely N-dealkylation sites (N-methyl/N-ethyl adjacent to an activating group) is 1. The molecule has 3 rings (SSSR count). The number of rotatable bonds is 8. The highest BCUT2D eigenvalue weighted by molar-refractivity contribution is 5.90. The number of hydrogen-bond acceptors (Lipinski definition) is 6. The summed E-state index contributed by atoms with van der Waals surface area (Å²) in [6, 6.07) is 15.8. The Morgan fingerprint density at radius 2 is 1.90 bits per heavy atom. The maximum Gasteiger partial charge on any atom is 0.374 e. The number of hydrogen-bond donors (Lipinski definition) is 1. The molecular weight excluding hydrogens is 384 g/mol. The molecule has 7 heteroatoms. The van der Waals surface area contributed by atoms with Gasteiger partial charge in [0, 0.05) is 31.4 Å². The second kappa shape index (κ2) is 9.73. The van der Waals surface area contributed by atoms with E-state index >= 15 is 0 Å². The summed E-state index contributed by atoms with van der Waals surface area (Å²) in [4.78, 5) is 38.4. The number of anilines is 1. The average molecular weight is 408 g/mol. The predicted octanol–water partition coefficient (Wildman–Crippen LogP) is 2.90. The number of aryl methyl sites for hydroxylation is 1. The van der Waals surface area contributed by atoms with Crippen LogP contribution in [0, 0.1) is 6.92 Å². The number of fused-ring (bicyclic) bond motifs is 1. The van der Waals surface area contributed by atoms with Crippen molar-refractivity contribution in [3.05, 3.63) is 76.1 Å². The number of esters is 1. The molecule has 0 atom stereocenters. The van der Waals surface area contributed by atoms with Gasteiger partial charge in [-0.1, -0.05) is 24.3 Å². The fourth-order valence-electron chi connectivity index (χ4n) is 3.08. The lowest BCUT2D eigenvalue weighted by Crippen LogP contribution is -2.37. The van der Waals surface area contributed by atoms with Crippen molar-refractivity contribution in [1.29, 1.82) is 0 Å². The molecule has 0 bridgehead atoms. The van der Waals surface area contributed by atoms with Crippen LogP contribution < -0.4 is 15.6 Å². The molecule has 0 unspecified atom stereocenters. The molecule has 1 heterocycles. The molecule has 1 amide bonds. The minimum atomic E-state index is -0.858. The second-order valence-electron chi connectivity index (χ2n) is 6.82. The van der Waals surface area contributed by atoms with Crippen molar-refractivity contribution in [3.8, 4) is 0 Å². The number of para-hydroxylation sites is 1. The molecule has 7 nitrogen and oxygen atoms in total. The predicted molar refractivity (Wildman–Crippen MR) is 115 cm³/mol. The largest absolute Gasteiger partial charge is 0.450 e. The Bertz CT molecular complexity index is 1110. The number of carbonyl (C=O) groups excluding carboxylic acids is 2. The van der Waals surface area contributed by atoms with Gasteiger partial charge in [0.1, 0.15) is 5.58 Å². The lowest BCUT2D eigenvalue weighted by molar-refractivity contribution is -0.124. The van der Waals surface area contributed by atoms with Crippen LogP contribution in [-0.4, -0.2) is 38.1 Å². The topological polar surface area (TPSA) is 88.9 Å². The molecule has 0 radical (unpaired) electrons. The van der Waals surface area contributed by atoms with E-state index in [1.54, 1.807) is 24.3 Å². The van der Waals surface area contributed by atoms with Gasteiger partial charge in [-0.3, -0.25) is 9.59 Å². The molecule has 0 aliphatic rings. The quantitative estimate of drug-likeness (QED) is 0.577. The summed E-state index contributed by atoms with van der Waals surface area (Å²) >= 11 is 0. The maximum absolute atomic E-state index is 12.1. The Balaban J connectivity index is 1.49. The molecule has 0 aliphatic carbocycles. The van der Waals surface area contributed by atoms with Crippen LogP contribution in [0.4, 0.5) is 5.69 Å². The first kappa shape index (κ1) is 21.1. The SMILES string of the molecule is CCN(CCNC(=O)COC(=O)c1cc(=O)c2ccccc2o1)c1cccc(C)c1. The van der Waals surface area contributed by atoms with Gasteiger partial charge in [0.2, 0.25) is 5.76 Å². The Morgan fingerprint density at radius 1 is 1.10 bits per heavy atom. The number of carbonyl (C=O) groups is 2. The van der Waals surface area contributed by atoms with Gasteiger partial charge in [-0.25, -0.2) is 4.79 Å². The zero-order chi connectivity index (χ0) is 21.5. The molecule has 0 fully saturated rings. The van der Waals surface area contributed by atoms with E-state index in [4.69, 9.17) is 9.15 Å². The van der Waals surface area contributed by atoms with Crippen LogP contribution in [0.5, 0.6) is 0 Å². The number of nitrogens with zero attached hydrogens (tertiary/aromatic N) is 1. The first-order valence-corrected chi connectivity index (χ1v) is 9.76. The van der Waals surface area contributed by atoms with Crippen molar-refractivity contribution in [2.45, 2.75) is 13.8 Å². The van der Waals surface area contributed by atoms with Gasteiger partial charge in [0.05, 0.1) is 5.39 Å². The summed E-state index contributed by atoms with van der Waals surface area (Å²) in [5, 5.41) is 3.11. The summed E-state index contributed by atoms with van der Waals surface area (Å²) in [7, 11) is 0. The Labute approximate surface area is 174 Å². The Hall–Kier alpha value is -3.61. The first-order chi connectivity index (χ1) is 14.5. The highest BCUT2D eigenvalue weighted by Gasteiger charge is 2.15. The van der Waals surface area contributed by atoms with Crippen LogP contribution in [0.1, 0.15) is 23.0 Å². The number of nitrogens with one attached hydrogen (secondary N) is 1. The monoisotopic (exact) mass is 408 g/mol. The Morgan fingerprint density at radius 3 is 2.67 bits per heavy atom. The highest BCUT2D eigenvalue weighted by Crippen LogP contribution is 2.15. The molecule has 2 aromatic carbocycles. The smallest absolute Gasteiger partial charge is 0.374 e. The number of ether oxygens (including phenoxy) is 1. The molecule has 0 aliphatic heterocycles. The Kier molecular flexibility index (Phi) is 6.85. The van der Waals surface area contributed by atoms with Gasteiger partial charge < -0.3 is 19.4 Å². The fourth-order valence-corrected chi connectivity index (χ4v) is 3.08. The first-order valence-electron chi connectivity index (χ1n) is 9.76. The van der Waals surface area contributed by atoms with Crippen molar-refractivity contribution in [2.24, 2.45) is 0 Å². The average Bonchev–Trinajstić information content (AvgIpc) is 2.75. The molecule has 0 spiro atoms. The standard InChI is InChI=1S/C23H24N2O5/c1-3-25(17-8-6-7-16(2)13-17)12-11-24-22(27)15-29-23(28)21-14-19(26)18-9-4-5-10-20(18)30-21/h4-10,13-14H,3,11-12,15H2,1-2H3,(H,24,27). The normalized spacial score (nSPS) is 10.6. The maximum atomic E-state index is 12.1. The zero-order valence-electron chi connectivity index (χ0n) is 17.0. The summed E-state index contributed by atoms with van der Waals surface area (Å²) in [6.07, 6.45) is 0. The van der Waals surface area contributed by atoms with Crippen LogP contribution in [0.2, 0.25) is 0 Å². The third-order valence-corrected chi connectivity index (χ3v) is 4.62. The third-order valence-electron chi connectivity index (χ3n) is 4.62. The molecule has 0 saturated heterocycles. The molecule has 0 saturated carbocycles. The van der Waals surface area contributed by atoms with Crippen molar-refractivity contribution in [1.82, 2.24) is 5.32 Å². The molecule has 1 aromatic heterocycles. The van der Waals surface area contributed by atoms with Crippen LogP contribution in [0.25, 0.3) is 11.0 Å². The highest BCUT2D eigenvalue weighted by atomic mass is 16.5. The van der Waals surface area contributed by atoms with Gasteiger partial charge in [0.25, 0.3) is 5.91 Å². The van der Waals surface area contributed by atoms with Crippen LogP contribution in [0.3, 0.4) is 0 Å². The van der Waals surface area contributed by atoms with Gasteiger partial charge in [0.15, 0.2) is 12.0 Å². The lowest BCUT2D eigenvalue weighted by atomic mass is 10.2. The van der Waals surface area contributed by atoms with Crippen molar-refractivity contribution in [2.75, 3.05) is 31.1 Å². The van der Waals surface area contributed by atoms with Gasteiger partial charge in [-0.05, 0) is 43.7 Å². The van der Waals surface area contributed by atoms with E-state index in [9.17, 15) is 14.4 Å². The molecule has 1 N–H and O–H groups in total. The van der Waals surface area contributed by atoms with E-state index in [1.165, 1.54) is 5.56 Å². The van der Waals surface area contributed by atoms with Gasteiger partial charge >= 0.3 is 5.97 Å². The van der Waals surface area contributed by atoms with E-state index in [0.717, 1.165) is 18.3 Å². The van der Waals surface area contributed by atoms with Gasteiger partial charge in [-0.2, -0.15) is 0 Å². The summed E-state index contributed by atoms with van der Waals surface area (Å²) in [6.45, 7) is 5.46. The molecular formula is C23H24N2O5. The van der Waals surface area contributed by atoms with E-state index in [1.807, 2.05) is 32.0 Å². The minimum Gasteiger partial charge on any atom is -0.450 e. The van der Waals surface area contributed by atoms with E-state index in [-0.39, 0.29) is 16.8 Å². The molecule has 30 heavy (non-hydrogen) atoms. The van der Waals surface area contributed by atoms with Crippen molar-refractivity contribution >= 4 is 28.5 Å². The number of amides is 1. The van der Waals surface area contributed by atoms with Crippen LogP contribution in [0.15, 0.2) is 63.8 Å². The van der Waals surface area contributed by atoms with Crippen LogP contribution >= 0.6 is 0 Å². The number of benzene rings is 2. The van der Waals surface area contributed by atoms with Crippen molar-refractivity contribution in [3.63, 3.8) is 0 Å². The summed E-state index contributed by atoms with van der Waals surface area (Å²) in [5.41, 5.74) is 2.20. The minimum absolute atomic E-state index is 0.233. The molecule has 156 valence electrons. The van der Waals surface area contributed by atoms with Crippen LogP contribution in [-0.2, 0) is 9.53 Å². The lowest BCUT2D eigenvalue weighted by Gasteiger charge is -2.23. The van der Waals surface area contributed by atoms with E-state index < -0.39 is 18.5 Å². The third kappa shape index (κ3) is 5.26. The second-order valence-corrected chi connectivity index (χ2v) is 6.82. The summed E-state index contributed by atoms with van der Waals surface area (Å²) in [5.74, 6) is -1.52. The molecule has 3 aromatic rings. The summed E-state index contributed by atoms with van der Waals surface area (Å²) < 4.78 is 10.4.